The molecule has 0 aromatic heterocycles. The zero-order valence-electron chi connectivity index (χ0n) is 9.87. The first-order chi connectivity index (χ1) is 8.53. The monoisotopic (exact) mass is 295 g/mol. The van der Waals surface area contributed by atoms with Crippen molar-refractivity contribution in [3.8, 4) is 11.5 Å². The third kappa shape index (κ3) is 2.90. The Morgan fingerprint density at radius 2 is 2.11 bits per heavy atom. The summed E-state index contributed by atoms with van der Waals surface area (Å²) in [6.07, 6.45) is -2.71. The van der Waals surface area contributed by atoms with Crippen LogP contribution in [0.2, 0.25) is 0 Å². The Morgan fingerprint density at radius 1 is 1.32 bits per heavy atom. The summed E-state index contributed by atoms with van der Waals surface area (Å²) in [5.41, 5.74) is 0.911. The van der Waals surface area contributed by atoms with E-state index in [1.165, 1.54) is 12.1 Å². The van der Waals surface area contributed by atoms with Crippen LogP contribution in [0.4, 0.5) is 13.2 Å². The van der Waals surface area contributed by atoms with E-state index in [4.69, 9.17) is 4.74 Å². The normalized spacial score (nSPS) is 24.8. The van der Waals surface area contributed by atoms with Crippen LogP contribution in [0.5, 0.6) is 11.5 Å². The lowest BCUT2D eigenvalue weighted by Crippen LogP contribution is -2.36. The van der Waals surface area contributed by atoms with Crippen LogP contribution in [0.25, 0.3) is 0 Å². The van der Waals surface area contributed by atoms with E-state index in [9.17, 15) is 13.2 Å². The summed E-state index contributed by atoms with van der Waals surface area (Å²) < 4.78 is 45.9. The quantitative estimate of drug-likeness (QED) is 0.863. The van der Waals surface area contributed by atoms with Crippen LogP contribution < -0.4 is 14.8 Å². The van der Waals surface area contributed by atoms with Crippen LogP contribution in [0, 0.1) is 0 Å². The summed E-state index contributed by atoms with van der Waals surface area (Å²) in [6.45, 7) is 0.908. The number of ether oxygens (including phenoxy) is 2. The molecule has 7 heteroatoms. The first-order valence-electron chi connectivity index (χ1n) is 5.83. The molecule has 0 unspecified atom stereocenters. The lowest BCUT2D eigenvalue weighted by Gasteiger charge is -2.25. The highest BCUT2D eigenvalue weighted by atomic mass is 35.5. The maximum Gasteiger partial charge on any atom is 0.573 e. The molecule has 3 rings (SSSR count). The molecule has 106 valence electrons. The SMILES string of the molecule is Cl.FC(F)(F)Oc1ccc2c(c1)O[C@H]1CCCN[C@@H]21. The van der Waals surface area contributed by atoms with Crippen LogP contribution in [0.3, 0.4) is 0 Å². The molecular formula is C12H13ClF3NO2. The van der Waals surface area contributed by atoms with Crippen LogP contribution in [-0.2, 0) is 0 Å². The highest BCUT2D eigenvalue weighted by Crippen LogP contribution is 2.42. The Bertz CT molecular complexity index is 467. The van der Waals surface area contributed by atoms with Gasteiger partial charge in [0.25, 0.3) is 0 Å². The van der Waals surface area contributed by atoms with E-state index < -0.39 is 6.36 Å². The zero-order chi connectivity index (χ0) is 12.8. The van der Waals surface area contributed by atoms with Crippen LogP contribution >= 0.6 is 12.4 Å². The second kappa shape index (κ2) is 5.09. The molecule has 1 N–H and O–H groups in total. The minimum atomic E-state index is -4.67. The molecule has 2 atom stereocenters. The van der Waals surface area contributed by atoms with Gasteiger partial charge in [0.05, 0.1) is 6.04 Å². The predicted molar refractivity (Wildman–Crippen MR) is 64.8 cm³/mol. The standard InChI is InChI=1S/C12H12F3NO2.ClH/c13-12(14,15)18-7-3-4-8-10(6-7)17-9-2-1-5-16-11(8)9;/h3-4,6,9,11,16H,1-2,5H2;1H/t9-,11-;/m0./s1. The molecule has 0 amide bonds. The Morgan fingerprint density at radius 3 is 2.84 bits per heavy atom. The van der Waals surface area contributed by atoms with Crippen LogP contribution in [0.15, 0.2) is 18.2 Å². The van der Waals surface area contributed by atoms with Gasteiger partial charge >= 0.3 is 6.36 Å². The average molecular weight is 296 g/mol. The van der Waals surface area contributed by atoms with Gasteiger partial charge in [-0.3, -0.25) is 0 Å². The molecule has 1 aromatic rings. The number of benzene rings is 1. The van der Waals surface area contributed by atoms with E-state index >= 15 is 0 Å². The van der Waals surface area contributed by atoms with Crippen molar-refractivity contribution in [3.63, 3.8) is 0 Å². The third-order valence-electron chi connectivity index (χ3n) is 3.23. The van der Waals surface area contributed by atoms with Gasteiger partial charge in [-0.1, -0.05) is 0 Å². The van der Waals surface area contributed by atoms with Crippen LogP contribution in [-0.4, -0.2) is 19.0 Å². The first-order valence-corrected chi connectivity index (χ1v) is 5.83. The topological polar surface area (TPSA) is 30.5 Å². The van der Waals surface area contributed by atoms with Gasteiger partial charge in [0, 0.05) is 11.6 Å². The van der Waals surface area contributed by atoms with Crippen LogP contribution in [0.1, 0.15) is 24.4 Å². The molecule has 0 saturated carbocycles. The van der Waals surface area contributed by atoms with E-state index in [1.807, 2.05) is 0 Å². The van der Waals surface area contributed by atoms with E-state index in [2.05, 4.69) is 10.1 Å². The van der Waals surface area contributed by atoms with Crippen molar-refractivity contribution in [2.45, 2.75) is 31.3 Å². The fraction of sp³-hybridized carbons (Fsp3) is 0.500. The van der Waals surface area contributed by atoms with Crippen molar-refractivity contribution in [2.75, 3.05) is 6.54 Å². The van der Waals surface area contributed by atoms with Crippen molar-refractivity contribution in [1.29, 1.82) is 0 Å². The van der Waals surface area contributed by atoms with Crippen molar-refractivity contribution < 1.29 is 22.6 Å². The van der Waals surface area contributed by atoms with Gasteiger partial charge in [0.2, 0.25) is 0 Å². The molecule has 0 spiro atoms. The van der Waals surface area contributed by atoms with Gasteiger partial charge in [-0.25, -0.2) is 0 Å². The van der Waals surface area contributed by atoms with Crippen molar-refractivity contribution in [2.24, 2.45) is 0 Å². The molecular weight excluding hydrogens is 283 g/mol. The highest BCUT2D eigenvalue weighted by Gasteiger charge is 2.37. The van der Waals surface area contributed by atoms with Crippen molar-refractivity contribution in [3.05, 3.63) is 23.8 Å². The number of fused-ring (bicyclic) bond motifs is 3. The van der Waals surface area contributed by atoms with Gasteiger partial charge in [0.1, 0.15) is 17.6 Å². The maximum atomic E-state index is 12.1. The minimum absolute atomic E-state index is 0. The Kier molecular flexibility index (Phi) is 3.82. The molecule has 1 saturated heterocycles. The van der Waals surface area contributed by atoms with E-state index in [-0.39, 0.29) is 30.3 Å². The van der Waals surface area contributed by atoms with E-state index in [0.717, 1.165) is 24.9 Å². The number of hydrogen-bond acceptors (Lipinski definition) is 3. The minimum Gasteiger partial charge on any atom is -0.488 e. The summed E-state index contributed by atoms with van der Waals surface area (Å²) in [5.74, 6) is 0.251. The average Bonchev–Trinajstić information content (AvgIpc) is 2.64. The third-order valence-corrected chi connectivity index (χ3v) is 3.23. The molecule has 2 aliphatic heterocycles. The smallest absolute Gasteiger partial charge is 0.488 e. The summed E-state index contributed by atoms with van der Waals surface area (Å²) in [6, 6.07) is 4.37. The number of hydrogen-bond donors (Lipinski definition) is 1. The fourth-order valence-electron chi connectivity index (χ4n) is 2.53. The lowest BCUT2D eigenvalue weighted by molar-refractivity contribution is -0.274. The molecule has 1 fully saturated rings. The predicted octanol–water partition coefficient (Wildman–Crippen LogP) is 3.19. The number of piperidine rings is 1. The summed E-state index contributed by atoms with van der Waals surface area (Å²) in [4.78, 5) is 0. The fourth-order valence-corrected chi connectivity index (χ4v) is 2.53. The number of halogens is 4. The summed E-state index contributed by atoms with van der Waals surface area (Å²) in [5, 5.41) is 3.32. The molecule has 2 aliphatic rings. The Balaban J connectivity index is 0.00000133. The van der Waals surface area contributed by atoms with Gasteiger partial charge < -0.3 is 14.8 Å². The molecule has 19 heavy (non-hydrogen) atoms. The molecule has 0 aliphatic carbocycles. The van der Waals surface area contributed by atoms with Gasteiger partial charge in [-0.15, -0.1) is 25.6 Å². The van der Waals surface area contributed by atoms with Gasteiger partial charge in [-0.05, 0) is 31.5 Å². The summed E-state index contributed by atoms with van der Waals surface area (Å²) >= 11 is 0. The number of nitrogens with one attached hydrogen (secondary N) is 1. The number of rotatable bonds is 1. The Hall–Kier alpha value is -1.14. The molecule has 2 heterocycles. The number of alkyl halides is 3. The Labute approximate surface area is 114 Å². The van der Waals surface area contributed by atoms with E-state index in [0.29, 0.717) is 5.75 Å². The molecule has 0 radical (unpaired) electrons. The molecule has 0 bridgehead atoms. The lowest BCUT2D eigenvalue weighted by atomic mass is 9.97. The van der Waals surface area contributed by atoms with E-state index in [1.54, 1.807) is 6.07 Å². The first kappa shape index (κ1) is 14.3. The van der Waals surface area contributed by atoms with Gasteiger partial charge in [0.15, 0.2) is 0 Å². The van der Waals surface area contributed by atoms with Crippen molar-refractivity contribution in [1.82, 2.24) is 5.32 Å². The maximum absolute atomic E-state index is 12.1. The second-order valence-electron chi connectivity index (χ2n) is 4.48. The molecule has 1 aromatic carbocycles. The highest BCUT2D eigenvalue weighted by molar-refractivity contribution is 5.85. The second-order valence-corrected chi connectivity index (χ2v) is 4.48. The largest absolute Gasteiger partial charge is 0.573 e. The zero-order valence-corrected chi connectivity index (χ0v) is 10.7. The molecule has 3 nitrogen and oxygen atoms in total. The van der Waals surface area contributed by atoms with Gasteiger partial charge in [-0.2, -0.15) is 0 Å². The van der Waals surface area contributed by atoms with Crippen molar-refractivity contribution >= 4 is 12.4 Å². The summed E-state index contributed by atoms with van der Waals surface area (Å²) in [7, 11) is 0.